The predicted molar refractivity (Wildman–Crippen MR) is 71.0 cm³/mol. The van der Waals surface area contributed by atoms with Gasteiger partial charge >= 0.3 is 52.8 Å². The van der Waals surface area contributed by atoms with Gasteiger partial charge in [0.25, 0.3) is 0 Å². The topological polar surface area (TPSA) is 80.3 Å². The van der Waals surface area contributed by atoms with E-state index in [-0.39, 0.29) is 0 Å². The third kappa shape index (κ3) is 4.51. The Morgan fingerprint density at radius 1 is 0.676 bits per heavy atom. The fourth-order valence-electron chi connectivity index (χ4n) is 1.55. The number of carbonyl (C=O) groups excluding carboxylic acids is 1. The predicted octanol–water partition coefficient (Wildman–Crippen LogP) is 3.89. The molecule has 0 bridgehead atoms. The van der Waals surface area contributed by atoms with Crippen LogP contribution in [0.15, 0.2) is 11.6 Å². The molecule has 1 aromatic rings. The van der Waals surface area contributed by atoms with E-state index in [4.69, 9.17) is 5.73 Å². The number of thiazole rings is 1. The maximum atomic E-state index is 13.0. The highest BCUT2D eigenvalue weighted by Gasteiger charge is 2.95. The number of rotatable bonds is 7. The summed E-state index contributed by atoms with van der Waals surface area (Å²) in [5.74, 6) is -63.5. The van der Waals surface area contributed by atoms with E-state index < -0.39 is 53.6 Å². The van der Waals surface area contributed by atoms with E-state index in [1.807, 2.05) is 5.38 Å². The van der Waals surface area contributed by atoms with E-state index >= 15 is 0 Å². The molecule has 0 aliphatic heterocycles. The van der Waals surface area contributed by atoms with Crippen molar-refractivity contribution in [3.05, 3.63) is 11.6 Å². The standard InChI is InChI=1S/C9HF17O2.C3H4N2S/c10-2(11,1(27)28)3(12,13)4(14,15)5(16,17)6(18,19)7(20,21)8(22,23)9(24,25)26;4-3-5-1-2-6-3/h(H,27,28);1-2H,(H2,4,5). The van der Waals surface area contributed by atoms with Gasteiger partial charge in [-0.15, -0.1) is 0 Å². The molecule has 0 aromatic carbocycles. The number of alkyl halides is 17. The number of carboxylic acids is 1. The smallest absolute Gasteiger partial charge is 0.460 e. The number of nitrogens with one attached hydrogen (secondary N) is 1. The van der Waals surface area contributed by atoms with Crippen molar-refractivity contribution >= 4 is 22.4 Å². The van der Waals surface area contributed by atoms with Crippen molar-refractivity contribution in [2.75, 3.05) is 5.73 Å². The molecule has 0 amide bonds. The third-order valence-electron chi connectivity index (χ3n) is 3.47. The second-order valence-corrected chi connectivity index (χ2v) is 6.68. The molecule has 0 fully saturated rings. The van der Waals surface area contributed by atoms with Gasteiger partial charge < -0.3 is 9.90 Å². The van der Waals surface area contributed by atoms with Gasteiger partial charge in [0.1, 0.15) is 5.97 Å². The average molecular weight is 564 g/mol. The van der Waals surface area contributed by atoms with E-state index in [0.29, 0.717) is 0 Å². The zero-order valence-electron chi connectivity index (χ0n) is 14.9. The maximum Gasteiger partial charge on any atom is 0.460 e. The van der Waals surface area contributed by atoms with E-state index in [1.54, 1.807) is 6.20 Å². The molecule has 22 heteroatoms. The van der Waals surface area contributed by atoms with Gasteiger partial charge in [0.2, 0.25) is 0 Å². The van der Waals surface area contributed by atoms with Crippen LogP contribution in [0.1, 0.15) is 0 Å². The van der Waals surface area contributed by atoms with Crippen LogP contribution < -0.4 is 15.8 Å². The van der Waals surface area contributed by atoms with Crippen molar-refractivity contribution in [1.29, 1.82) is 0 Å². The number of anilines is 1. The number of aromatic nitrogens is 1. The molecule has 34 heavy (non-hydrogen) atoms. The summed E-state index contributed by atoms with van der Waals surface area (Å²) in [4.78, 5) is 12.5. The van der Waals surface area contributed by atoms with Crippen molar-refractivity contribution < 1.29 is 89.5 Å². The Labute approximate surface area is 178 Å². The highest BCUT2D eigenvalue weighted by Crippen LogP contribution is 2.63. The molecular formula is C12H5F17N2O2S. The third-order valence-corrected chi connectivity index (χ3v) is 4.11. The number of carboxylic acid groups (broad SMARTS) is 1. The zero-order chi connectivity index (χ0) is 28.0. The van der Waals surface area contributed by atoms with Gasteiger partial charge in [0.15, 0.2) is 0 Å². The molecule has 0 saturated carbocycles. The summed E-state index contributed by atoms with van der Waals surface area (Å²) in [7, 11) is 0. The molecule has 4 nitrogen and oxygen atoms in total. The molecule has 0 aliphatic rings. The monoisotopic (exact) mass is 564 g/mol. The van der Waals surface area contributed by atoms with Gasteiger partial charge in [-0.3, -0.25) is 5.73 Å². The number of H-pyrrole nitrogens is 1. The minimum absolute atomic E-state index is 0.759. The number of nitrogens with two attached hydrogens (primary N) is 1. The first-order chi connectivity index (χ1) is 14.6. The number of carbonyl (C=O) groups is 1. The van der Waals surface area contributed by atoms with E-state index in [9.17, 15) is 84.5 Å². The Hall–Kier alpha value is -2.29. The Bertz CT molecular complexity index is 849. The average Bonchev–Trinajstić information content (AvgIpc) is 3.11. The molecule has 0 saturated heterocycles. The first kappa shape index (κ1) is 31.7. The summed E-state index contributed by atoms with van der Waals surface area (Å²) in [6.07, 6.45) is -6.04. The fourth-order valence-corrected chi connectivity index (χ4v) is 1.97. The lowest BCUT2D eigenvalue weighted by Gasteiger charge is -2.42. The molecule has 0 spiro atoms. The first-order valence-corrected chi connectivity index (χ1v) is 8.10. The number of halogens is 17. The van der Waals surface area contributed by atoms with Crippen molar-refractivity contribution in [2.24, 2.45) is 0 Å². The molecule has 0 atom stereocenters. The molecular weight excluding hydrogens is 559 g/mol. The number of aliphatic carboxylic acids is 1. The van der Waals surface area contributed by atoms with Crippen LogP contribution in [0.2, 0.25) is 0 Å². The first-order valence-electron chi connectivity index (χ1n) is 7.22. The molecule has 0 unspecified atom stereocenters. The summed E-state index contributed by atoms with van der Waals surface area (Å²) in [5.41, 5.74) is 5.24. The summed E-state index contributed by atoms with van der Waals surface area (Å²) >= 11 is 1.50. The molecule has 1 aromatic heterocycles. The summed E-state index contributed by atoms with van der Waals surface area (Å²) < 4.78 is 214. The maximum absolute atomic E-state index is 13.0. The summed E-state index contributed by atoms with van der Waals surface area (Å²) in [6.45, 7) is 0. The number of hydrogen-bond donors (Lipinski definition) is 1. The van der Waals surface area contributed by atoms with Crippen molar-refractivity contribution in [1.82, 2.24) is 0 Å². The lowest BCUT2D eigenvalue weighted by atomic mass is 9.89. The van der Waals surface area contributed by atoms with Gasteiger partial charge in [-0.2, -0.15) is 74.6 Å². The SMILES string of the molecule is Nc1[nH+]ccs1.O=C([O-])C(F)(F)C(F)(F)C(F)(F)C(F)(F)C(F)(F)C(F)(F)C(F)(F)C(F)(F)F. The van der Waals surface area contributed by atoms with Gasteiger partial charge in [-0.25, -0.2) is 4.98 Å². The second kappa shape index (κ2) is 8.73. The Morgan fingerprint density at radius 2 is 1.00 bits per heavy atom. The molecule has 1 rings (SSSR count). The molecule has 0 aliphatic carbocycles. The Balaban J connectivity index is 0.00000156. The zero-order valence-corrected chi connectivity index (χ0v) is 15.7. The molecule has 200 valence electrons. The van der Waals surface area contributed by atoms with Crippen molar-refractivity contribution in [2.45, 2.75) is 47.6 Å². The van der Waals surface area contributed by atoms with Crippen LogP contribution in [0.25, 0.3) is 0 Å². The molecule has 1 heterocycles. The fraction of sp³-hybridized carbons (Fsp3) is 0.667. The highest BCUT2D eigenvalue weighted by atomic mass is 32.1. The van der Waals surface area contributed by atoms with E-state index in [1.165, 1.54) is 11.3 Å². The van der Waals surface area contributed by atoms with Gasteiger partial charge in [-0.1, -0.05) is 11.3 Å². The van der Waals surface area contributed by atoms with Crippen molar-refractivity contribution in [3.8, 4) is 0 Å². The summed E-state index contributed by atoms with van der Waals surface area (Å²) in [6, 6.07) is 0. The second-order valence-electron chi connectivity index (χ2n) is 5.74. The lowest BCUT2D eigenvalue weighted by molar-refractivity contribution is -0.463. The highest BCUT2D eigenvalue weighted by molar-refractivity contribution is 7.12. The van der Waals surface area contributed by atoms with Crippen LogP contribution in [0.4, 0.5) is 79.8 Å². The molecule has 3 N–H and O–H groups in total. The van der Waals surface area contributed by atoms with E-state index in [0.717, 1.165) is 5.13 Å². The minimum atomic E-state index is -8.79. The van der Waals surface area contributed by atoms with Crippen LogP contribution in [-0.2, 0) is 4.79 Å². The van der Waals surface area contributed by atoms with Crippen LogP contribution >= 0.6 is 11.3 Å². The normalized spacial score (nSPS) is 15.0. The van der Waals surface area contributed by atoms with Gasteiger partial charge in [-0.05, 0) is 0 Å². The van der Waals surface area contributed by atoms with Crippen LogP contribution in [-0.4, -0.2) is 53.6 Å². The quantitative estimate of drug-likeness (QED) is 0.511. The largest absolute Gasteiger partial charge is 0.544 e. The summed E-state index contributed by atoms with van der Waals surface area (Å²) in [5, 5.41) is 12.3. The number of hydrogen-bond acceptors (Lipinski definition) is 4. The number of aromatic amines is 1. The van der Waals surface area contributed by atoms with Gasteiger partial charge in [0.05, 0.1) is 6.20 Å². The molecule has 0 radical (unpaired) electrons. The Morgan fingerprint density at radius 3 is 1.21 bits per heavy atom. The van der Waals surface area contributed by atoms with Crippen LogP contribution in [0.3, 0.4) is 0 Å². The lowest BCUT2D eigenvalue weighted by Crippen LogP contribution is -2.75. The van der Waals surface area contributed by atoms with Crippen molar-refractivity contribution in [3.63, 3.8) is 0 Å². The number of nitrogen functional groups attached to an aromatic ring is 1. The van der Waals surface area contributed by atoms with Crippen LogP contribution in [0.5, 0.6) is 0 Å². The van der Waals surface area contributed by atoms with E-state index in [2.05, 4.69) is 4.98 Å². The van der Waals surface area contributed by atoms with Crippen LogP contribution in [0, 0.1) is 0 Å². The van der Waals surface area contributed by atoms with Gasteiger partial charge in [0, 0.05) is 5.38 Å². The minimum Gasteiger partial charge on any atom is -0.544 e. The Kier molecular flexibility index (Phi) is 8.15.